The van der Waals surface area contributed by atoms with Crippen molar-refractivity contribution in [3.8, 4) is 0 Å². The lowest BCUT2D eigenvalue weighted by Crippen LogP contribution is -2.46. The average molecular weight is 393 g/mol. The van der Waals surface area contributed by atoms with Crippen LogP contribution in [0.2, 0.25) is 0 Å². The van der Waals surface area contributed by atoms with Crippen LogP contribution in [0.25, 0.3) is 0 Å². The fraction of sp³-hybridized carbons (Fsp3) is 0.391. The van der Waals surface area contributed by atoms with Crippen LogP contribution in [0.15, 0.2) is 54.6 Å². The number of benzene rings is 2. The third-order valence-electron chi connectivity index (χ3n) is 6.00. The van der Waals surface area contributed by atoms with Gasteiger partial charge in [-0.2, -0.15) is 0 Å². The van der Waals surface area contributed by atoms with Crippen molar-refractivity contribution >= 4 is 17.7 Å². The molecule has 2 aromatic rings. The zero-order valence-electron chi connectivity index (χ0n) is 16.4. The minimum Gasteiger partial charge on any atom is -0.445 e. The molecule has 2 bridgehead atoms. The van der Waals surface area contributed by atoms with Crippen molar-refractivity contribution in [3.63, 3.8) is 0 Å². The number of carbonyl (C=O) groups excluding carboxylic acids is 2. The van der Waals surface area contributed by atoms with Crippen LogP contribution in [-0.4, -0.2) is 29.0 Å². The van der Waals surface area contributed by atoms with Crippen molar-refractivity contribution in [1.82, 2.24) is 4.90 Å². The second-order valence-electron chi connectivity index (χ2n) is 7.90. The third kappa shape index (κ3) is 4.43. The van der Waals surface area contributed by atoms with Gasteiger partial charge in [-0.1, -0.05) is 42.5 Å². The molecular formula is C23H27N3O3. The molecule has 0 aromatic heterocycles. The monoisotopic (exact) mass is 393 g/mol. The summed E-state index contributed by atoms with van der Waals surface area (Å²) < 4.78 is 5.57. The summed E-state index contributed by atoms with van der Waals surface area (Å²) >= 11 is 0. The molecule has 2 amide bonds. The molecular weight excluding hydrogens is 366 g/mol. The largest absolute Gasteiger partial charge is 0.445 e. The van der Waals surface area contributed by atoms with Crippen molar-refractivity contribution in [2.24, 2.45) is 11.7 Å². The molecule has 0 unspecified atom stereocenters. The average Bonchev–Trinajstić information content (AvgIpc) is 3.34. The Morgan fingerprint density at radius 2 is 1.86 bits per heavy atom. The van der Waals surface area contributed by atoms with Crippen molar-refractivity contribution < 1.29 is 14.3 Å². The Morgan fingerprint density at radius 1 is 1.07 bits per heavy atom. The number of nitrogens with two attached hydrogens (primary N) is 1. The van der Waals surface area contributed by atoms with E-state index in [1.165, 1.54) is 0 Å². The van der Waals surface area contributed by atoms with Gasteiger partial charge in [0.15, 0.2) is 0 Å². The number of ether oxygens (including phenoxy) is 1. The zero-order chi connectivity index (χ0) is 20.2. The number of nitrogens with zero attached hydrogens (tertiary/aromatic N) is 1. The lowest BCUT2D eigenvalue weighted by Gasteiger charge is -2.34. The van der Waals surface area contributed by atoms with Crippen LogP contribution in [0.4, 0.5) is 10.5 Å². The van der Waals surface area contributed by atoms with Crippen LogP contribution < -0.4 is 11.1 Å². The number of rotatable bonds is 6. The van der Waals surface area contributed by atoms with Gasteiger partial charge in [-0.05, 0) is 48.4 Å². The Morgan fingerprint density at radius 3 is 2.66 bits per heavy atom. The fourth-order valence-electron chi connectivity index (χ4n) is 4.61. The van der Waals surface area contributed by atoms with Crippen molar-refractivity contribution in [2.75, 3.05) is 5.32 Å². The fourth-order valence-corrected chi connectivity index (χ4v) is 4.61. The van der Waals surface area contributed by atoms with Gasteiger partial charge < -0.3 is 20.7 Å². The minimum atomic E-state index is -0.316. The van der Waals surface area contributed by atoms with E-state index in [-0.39, 0.29) is 37.1 Å². The van der Waals surface area contributed by atoms with Gasteiger partial charge >= 0.3 is 6.09 Å². The van der Waals surface area contributed by atoms with E-state index in [4.69, 9.17) is 10.5 Å². The normalized spacial score (nSPS) is 22.5. The van der Waals surface area contributed by atoms with E-state index in [1.807, 2.05) is 59.5 Å². The molecule has 6 heteroatoms. The maximum atomic E-state index is 12.8. The van der Waals surface area contributed by atoms with E-state index < -0.39 is 0 Å². The summed E-state index contributed by atoms with van der Waals surface area (Å²) in [5.41, 5.74) is 8.33. The van der Waals surface area contributed by atoms with Gasteiger partial charge in [-0.3, -0.25) is 4.79 Å². The van der Waals surface area contributed by atoms with Crippen LogP contribution >= 0.6 is 0 Å². The predicted molar refractivity (Wildman–Crippen MR) is 111 cm³/mol. The Balaban J connectivity index is 1.38. The second-order valence-corrected chi connectivity index (χ2v) is 7.90. The van der Waals surface area contributed by atoms with Crippen molar-refractivity contribution in [2.45, 2.75) is 50.9 Å². The molecule has 2 aromatic carbocycles. The number of piperidine rings is 1. The molecule has 1 aliphatic heterocycles. The van der Waals surface area contributed by atoms with Gasteiger partial charge in [0.2, 0.25) is 5.91 Å². The molecule has 0 radical (unpaired) electrons. The number of anilines is 1. The van der Waals surface area contributed by atoms with Crippen LogP contribution in [0.1, 0.15) is 36.8 Å². The summed E-state index contributed by atoms with van der Waals surface area (Å²) in [4.78, 5) is 27.3. The van der Waals surface area contributed by atoms with E-state index in [9.17, 15) is 9.59 Å². The summed E-state index contributed by atoms with van der Waals surface area (Å²) in [6.07, 6.45) is 2.98. The highest BCUT2D eigenvalue weighted by Crippen LogP contribution is 2.44. The molecule has 3 N–H and O–H groups in total. The first-order valence-electron chi connectivity index (χ1n) is 10.2. The first-order chi connectivity index (χ1) is 14.1. The van der Waals surface area contributed by atoms with Crippen molar-refractivity contribution in [1.29, 1.82) is 0 Å². The number of hydrogen-bond acceptors (Lipinski definition) is 4. The Kier molecular flexibility index (Phi) is 5.81. The van der Waals surface area contributed by atoms with Crippen molar-refractivity contribution in [3.05, 3.63) is 65.7 Å². The van der Waals surface area contributed by atoms with Gasteiger partial charge in [-0.25, -0.2) is 4.79 Å². The number of fused-ring (bicyclic) bond motifs is 2. The maximum Gasteiger partial charge on any atom is 0.410 e. The summed E-state index contributed by atoms with van der Waals surface area (Å²) in [7, 11) is 0. The predicted octanol–water partition coefficient (Wildman–Crippen LogP) is 3.66. The van der Waals surface area contributed by atoms with Crippen LogP contribution in [-0.2, 0) is 22.7 Å². The van der Waals surface area contributed by atoms with Crippen LogP contribution in [0.3, 0.4) is 0 Å². The Hall–Kier alpha value is -2.86. The van der Waals surface area contributed by atoms with E-state index in [0.717, 1.165) is 36.1 Å². The van der Waals surface area contributed by atoms with E-state index in [2.05, 4.69) is 5.32 Å². The standard InChI is InChI=1S/C23H27N3O3/c24-14-17-7-4-8-19(11-17)25-22(27)13-21-18-9-10-20(12-18)26(21)23(28)29-15-16-5-2-1-3-6-16/h1-8,11,18,20-21H,9-10,12-15,24H2,(H,25,27)/t18-,20+,21+/m0/s1. The lowest BCUT2D eigenvalue weighted by molar-refractivity contribution is -0.117. The highest BCUT2D eigenvalue weighted by atomic mass is 16.6. The highest BCUT2D eigenvalue weighted by molar-refractivity contribution is 5.91. The molecule has 1 aliphatic carbocycles. The van der Waals surface area contributed by atoms with Crippen LogP contribution in [0, 0.1) is 5.92 Å². The number of hydrogen-bond donors (Lipinski definition) is 2. The van der Waals surface area contributed by atoms with Gasteiger partial charge in [0, 0.05) is 30.7 Å². The molecule has 4 rings (SSSR count). The molecule has 1 heterocycles. The third-order valence-corrected chi connectivity index (χ3v) is 6.00. The molecule has 2 aliphatic rings. The highest BCUT2D eigenvalue weighted by Gasteiger charge is 2.49. The number of likely N-dealkylation sites (tertiary alicyclic amines) is 1. The summed E-state index contributed by atoms with van der Waals surface area (Å²) in [6, 6.07) is 17.3. The van der Waals surface area contributed by atoms with Gasteiger partial charge in [0.25, 0.3) is 0 Å². The molecule has 1 saturated carbocycles. The maximum absolute atomic E-state index is 12.8. The molecule has 152 valence electrons. The molecule has 29 heavy (non-hydrogen) atoms. The van der Waals surface area contributed by atoms with E-state index >= 15 is 0 Å². The van der Waals surface area contributed by atoms with Crippen LogP contribution in [0.5, 0.6) is 0 Å². The number of amides is 2. The number of nitrogens with one attached hydrogen (secondary N) is 1. The molecule has 2 fully saturated rings. The topological polar surface area (TPSA) is 84.7 Å². The van der Waals surface area contributed by atoms with Gasteiger partial charge in [0.05, 0.1) is 0 Å². The summed E-state index contributed by atoms with van der Waals surface area (Å²) in [5.74, 6) is 0.281. The zero-order valence-corrected chi connectivity index (χ0v) is 16.4. The van der Waals surface area contributed by atoms with E-state index in [0.29, 0.717) is 12.5 Å². The molecule has 0 spiro atoms. The summed E-state index contributed by atoms with van der Waals surface area (Å²) in [5, 5.41) is 2.95. The lowest BCUT2D eigenvalue weighted by atomic mass is 9.95. The van der Waals surface area contributed by atoms with E-state index in [1.54, 1.807) is 0 Å². The smallest absolute Gasteiger partial charge is 0.410 e. The SMILES string of the molecule is NCc1cccc(NC(=O)C[C@@H]2[C@H]3CC[C@H](C3)N2C(=O)OCc2ccccc2)c1. The second kappa shape index (κ2) is 8.66. The first-order valence-corrected chi connectivity index (χ1v) is 10.2. The van der Waals surface area contributed by atoms with Gasteiger partial charge in [0.1, 0.15) is 6.61 Å². The van der Waals surface area contributed by atoms with Gasteiger partial charge in [-0.15, -0.1) is 0 Å². The Bertz CT molecular complexity index is 871. The Labute approximate surface area is 171 Å². The number of carbonyl (C=O) groups is 2. The molecule has 1 saturated heterocycles. The quantitative estimate of drug-likeness (QED) is 0.784. The molecule has 6 nitrogen and oxygen atoms in total. The first kappa shape index (κ1) is 19.5. The molecule has 3 atom stereocenters. The minimum absolute atomic E-state index is 0.0856. The summed E-state index contributed by atoms with van der Waals surface area (Å²) in [6.45, 7) is 0.676.